The molecule has 0 spiro atoms. The van der Waals surface area contributed by atoms with Gasteiger partial charge in [0.1, 0.15) is 42.3 Å². The molecule has 1 amide bonds. The van der Waals surface area contributed by atoms with Crippen LogP contribution in [0.2, 0.25) is 0 Å². The molecule has 0 bridgehead atoms. The van der Waals surface area contributed by atoms with Gasteiger partial charge in [0.25, 0.3) is 6.10 Å². The van der Waals surface area contributed by atoms with Gasteiger partial charge in [-0.3, -0.25) is 10.00 Å². The zero-order chi connectivity index (χ0) is 35.8. The number of rotatable bonds is 13. The van der Waals surface area contributed by atoms with Crippen molar-refractivity contribution in [3.63, 3.8) is 0 Å². The van der Waals surface area contributed by atoms with Crippen LogP contribution in [0.5, 0.6) is 5.75 Å². The Morgan fingerprint density at radius 1 is 1.06 bits per heavy atom. The van der Waals surface area contributed by atoms with Crippen LogP contribution in [0.1, 0.15) is 47.2 Å². The number of benzene rings is 1. The van der Waals surface area contributed by atoms with E-state index < -0.39 is 41.0 Å². The molecule has 1 aliphatic heterocycles. The predicted octanol–water partition coefficient (Wildman–Crippen LogP) is 4.43. The number of hydrogen-bond donors (Lipinski definition) is 2. The van der Waals surface area contributed by atoms with Crippen LogP contribution in [0.4, 0.5) is 9.93 Å². The van der Waals surface area contributed by atoms with E-state index in [1.165, 1.54) is 5.38 Å². The molecule has 15 nitrogen and oxygen atoms in total. The first-order chi connectivity index (χ1) is 23.0. The first-order valence-corrected chi connectivity index (χ1v) is 16.7. The predicted molar refractivity (Wildman–Crippen MR) is 182 cm³/mol. The smallest absolute Gasteiger partial charge is 0.413 e. The van der Waals surface area contributed by atoms with Crippen molar-refractivity contribution in [2.75, 3.05) is 51.8 Å². The average Bonchev–Trinajstić information content (AvgIpc) is 3.66. The summed E-state index contributed by atoms with van der Waals surface area (Å²) >= 11 is 0.965. The summed E-state index contributed by atoms with van der Waals surface area (Å²) in [5.41, 5.74) is -0.392. The van der Waals surface area contributed by atoms with Crippen molar-refractivity contribution in [3.05, 3.63) is 47.7 Å². The first-order valence-electron chi connectivity index (χ1n) is 15.8. The van der Waals surface area contributed by atoms with Crippen molar-refractivity contribution in [1.82, 2.24) is 14.8 Å². The van der Waals surface area contributed by atoms with E-state index in [2.05, 4.69) is 27.6 Å². The monoisotopic (exact) mass is 701 g/mol. The van der Waals surface area contributed by atoms with Gasteiger partial charge < -0.3 is 33.4 Å². The van der Waals surface area contributed by atoms with E-state index in [1.54, 1.807) is 53.7 Å². The van der Waals surface area contributed by atoms with E-state index >= 15 is 0 Å². The number of morpholine rings is 1. The van der Waals surface area contributed by atoms with E-state index in [9.17, 15) is 19.5 Å². The maximum absolute atomic E-state index is 13.0. The van der Waals surface area contributed by atoms with Gasteiger partial charge in [0.05, 0.1) is 39.5 Å². The number of thiazole rings is 1. The fourth-order valence-electron chi connectivity index (χ4n) is 4.55. The molecule has 1 aromatic carbocycles. The highest BCUT2D eigenvalue weighted by atomic mass is 32.1. The first kappa shape index (κ1) is 37.3. The molecule has 1 aliphatic rings. The maximum Gasteiger partial charge on any atom is 0.413 e. The number of oxime groups is 1. The highest BCUT2D eigenvalue weighted by Crippen LogP contribution is 2.23. The fourth-order valence-corrected chi connectivity index (χ4v) is 5.23. The lowest BCUT2D eigenvalue weighted by Crippen LogP contribution is -2.53. The summed E-state index contributed by atoms with van der Waals surface area (Å²) in [6.45, 7) is 15.2. The number of carbonyl (C=O) groups is 3. The molecule has 2 N–H and O–H groups in total. The lowest BCUT2D eigenvalue weighted by molar-refractivity contribution is -0.917. The largest absolute Gasteiger partial charge is 0.489 e. The van der Waals surface area contributed by atoms with Crippen LogP contribution in [0.15, 0.2) is 47.2 Å². The molecule has 0 aliphatic carbocycles. The number of aliphatic carboxylic acids is 1. The van der Waals surface area contributed by atoms with Crippen molar-refractivity contribution >= 4 is 40.2 Å². The van der Waals surface area contributed by atoms with Gasteiger partial charge in [0.2, 0.25) is 5.71 Å². The molecule has 266 valence electrons. The summed E-state index contributed by atoms with van der Waals surface area (Å²) in [7, 11) is 2.24. The van der Waals surface area contributed by atoms with E-state index in [0.29, 0.717) is 5.75 Å². The van der Waals surface area contributed by atoms with Crippen LogP contribution in [0, 0.1) is 0 Å². The summed E-state index contributed by atoms with van der Waals surface area (Å²) in [6.07, 6.45) is 1.66. The summed E-state index contributed by atoms with van der Waals surface area (Å²) in [5.74, 6) is -1.82. The van der Waals surface area contributed by atoms with E-state index in [0.717, 1.165) is 66.3 Å². The minimum absolute atomic E-state index is 0.0876. The van der Waals surface area contributed by atoms with Crippen molar-refractivity contribution in [3.8, 4) is 16.9 Å². The molecule has 3 aromatic rings. The highest BCUT2D eigenvalue weighted by Gasteiger charge is 2.30. The van der Waals surface area contributed by atoms with Gasteiger partial charge in [-0.05, 0) is 59.2 Å². The number of carboxylic acid groups (broad SMARTS) is 1. The van der Waals surface area contributed by atoms with Crippen LogP contribution in [-0.2, 0) is 35.2 Å². The summed E-state index contributed by atoms with van der Waals surface area (Å²) in [4.78, 5) is 46.7. The highest BCUT2D eigenvalue weighted by molar-refractivity contribution is 7.14. The Morgan fingerprint density at radius 3 is 2.37 bits per heavy atom. The molecule has 1 fully saturated rings. The Hall–Kier alpha value is -4.54. The molecule has 16 heteroatoms. The maximum atomic E-state index is 13.0. The number of carbonyl (C=O) groups excluding carboxylic acids is 2. The Balaban J connectivity index is 1.41. The number of amides is 1. The molecule has 1 atom stereocenters. The lowest BCUT2D eigenvalue weighted by Gasteiger charge is -2.37. The van der Waals surface area contributed by atoms with Crippen LogP contribution < -0.4 is 10.1 Å². The summed E-state index contributed by atoms with van der Waals surface area (Å²) in [5, 5.41) is 22.0. The molecule has 2 aromatic heterocycles. The van der Waals surface area contributed by atoms with Crippen LogP contribution >= 0.6 is 11.3 Å². The number of anilines is 1. The molecule has 49 heavy (non-hydrogen) atoms. The molecule has 1 saturated heterocycles. The van der Waals surface area contributed by atoms with Crippen molar-refractivity contribution in [1.29, 1.82) is 0 Å². The SMILES string of the molecule is CC(C)(C)OC(=O)Nc1nc(/C(=N/O[C@@H](COc2ccc(-c3cnn(CC[N+]4(C)CCOCC4)c3)cc2)C(=O)OC(C)(C)C)C(=O)O)cs1. The van der Waals surface area contributed by atoms with Crippen LogP contribution in [-0.4, -0.2) is 112 Å². The third-order valence-electron chi connectivity index (χ3n) is 7.14. The van der Waals surface area contributed by atoms with E-state index in [-0.39, 0.29) is 17.4 Å². The minimum Gasteiger partial charge on any atom is -0.489 e. The summed E-state index contributed by atoms with van der Waals surface area (Å²) < 4.78 is 24.9. The topological polar surface area (TPSA) is 173 Å². The molecular weight excluding hydrogens is 656 g/mol. The standard InChI is InChI=1S/C33H44N6O9S/c1-32(2,3)46-29(42)26(48-37-27(28(40)41)25-21-49-30(35-25)36-31(43)47-33(4,5)6)20-45-24-10-8-22(9-11-24)23-18-34-38(19-23)12-13-39(7)14-16-44-17-15-39/h8-11,18-19,21,26H,12-17,20H2,1-7H3,(H-,35,36,40,41,43)/p+1/b37-27-/t26-/m0/s1. The summed E-state index contributed by atoms with van der Waals surface area (Å²) in [6, 6.07) is 7.25. The number of aromatic nitrogens is 3. The number of ether oxygens (including phenoxy) is 4. The third-order valence-corrected chi connectivity index (χ3v) is 7.90. The van der Waals surface area contributed by atoms with Gasteiger partial charge in [-0.15, -0.1) is 11.3 Å². The average molecular weight is 702 g/mol. The number of carboxylic acids is 1. The van der Waals surface area contributed by atoms with Gasteiger partial charge >= 0.3 is 18.0 Å². The van der Waals surface area contributed by atoms with Crippen LogP contribution in [0.25, 0.3) is 11.1 Å². The molecule has 0 unspecified atom stereocenters. The fraction of sp³-hybridized carbons (Fsp3) is 0.515. The van der Waals surface area contributed by atoms with Gasteiger partial charge in [-0.2, -0.15) is 5.10 Å². The second kappa shape index (κ2) is 15.8. The molecule has 0 saturated carbocycles. The second-order valence-corrected chi connectivity index (χ2v) is 14.6. The number of esters is 1. The quantitative estimate of drug-likeness (QED) is 0.112. The van der Waals surface area contributed by atoms with E-state index in [1.807, 2.05) is 29.2 Å². The zero-order valence-electron chi connectivity index (χ0n) is 28.9. The van der Waals surface area contributed by atoms with Crippen molar-refractivity contribution < 1.29 is 47.8 Å². The van der Waals surface area contributed by atoms with Gasteiger partial charge in [0, 0.05) is 17.1 Å². The molecular formula is C33H45N6O9S+. The molecule has 0 radical (unpaired) electrons. The Morgan fingerprint density at radius 2 is 1.73 bits per heavy atom. The van der Waals surface area contributed by atoms with Crippen LogP contribution in [0.3, 0.4) is 0 Å². The van der Waals surface area contributed by atoms with Gasteiger partial charge in [-0.1, -0.05) is 17.3 Å². The normalized spacial score (nSPS) is 15.6. The minimum atomic E-state index is -1.46. The Labute approximate surface area is 289 Å². The number of nitrogens with zero attached hydrogens (tertiary/aromatic N) is 5. The lowest BCUT2D eigenvalue weighted by atomic mass is 10.1. The van der Waals surface area contributed by atoms with Crippen molar-refractivity contribution in [2.45, 2.75) is 65.4 Å². The number of likely N-dealkylation sites (N-methyl/N-ethyl adjacent to an activating group) is 1. The second-order valence-electron chi connectivity index (χ2n) is 13.8. The Bertz CT molecular complexity index is 1620. The molecule has 3 heterocycles. The zero-order valence-corrected chi connectivity index (χ0v) is 29.7. The number of quaternary nitrogens is 1. The molecule has 4 rings (SSSR count). The Kier molecular flexibility index (Phi) is 12.0. The third kappa shape index (κ3) is 11.8. The van der Waals surface area contributed by atoms with Gasteiger partial charge in [-0.25, -0.2) is 19.4 Å². The number of nitrogens with one attached hydrogen (secondary N) is 1. The van der Waals surface area contributed by atoms with Gasteiger partial charge in [0.15, 0.2) is 5.13 Å². The van der Waals surface area contributed by atoms with Crippen molar-refractivity contribution in [2.24, 2.45) is 5.16 Å². The van der Waals surface area contributed by atoms with E-state index in [4.69, 9.17) is 23.8 Å². The number of hydrogen-bond acceptors (Lipinski definition) is 12.